The molecule has 0 bridgehead atoms. The van der Waals surface area contributed by atoms with Gasteiger partial charge in [0, 0.05) is 49.5 Å². The lowest BCUT2D eigenvalue weighted by Crippen LogP contribution is -2.49. The van der Waals surface area contributed by atoms with Gasteiger partial charge in [0.1, 0.15) is 5.82 Å². The van der Waals surface area contributed by atoms with Crippen LogP contribution in [0.2, 0.25) is 0 Å². The highest BCUT2D eigenvalue weighted by molar-refractivity contribution is 7.89. The lowest BCUT2D eigenvalue weighted by Gasteiger charge is -2.35. The van der Waals surface area contributed by atoms with E-state index in [1.807, 2.05) is 13.0 Å². The van der Waals surface area contributed by atoms with Crippen molar-refractivity contribution in [2.24, 2.45) is 0 Å². The van der Waals surface area contributed by atoms with Gasteiger partial charge in [0.25, 0.3) is 0 Å². The zero-order valence-corrected chi connectivity index (χ0v) is 19.6. The van der Waals surface area contributed by atoms with Crippen LogP contribution in [0, 0.1) is 6.92 Å². The number of anilines is 2. The summed E-state index contributed by atoms with van der Waals surface area (Å²) in [5, 5.41) is 3.49. The maximum Gasteiger partial charge on any atom is 0.243 e. The van der Waals surface area contributed by atoms with Gasteiger partial charge in [0.2, 0.25) is 16.0 Å². The molecule has 1 aromatic carbocycles. The zero-order chi connectivity index (χ0) is 22.7. The lowest BCUT2D eigenvalue weighted by atomic mass is 9.96. The third kappa shape index (κ3) is 5.10. The smallest absolute Gasteiger partial charge is 0.243 e. The largest absolute Gasteiger partial charge is 0.354 e. The molecule has 0 unspecified atom stereocenters. The number of nitrogens with zero attached hydrogens (tertiary/aromatic N) is 4. The Bertz CT molecular complexity index is 1070. The number of benzene rings is 1. The van der Waals surface area contributed by atoms with Gasteiger partial charge in [-0.05, 0) is 38.8 Å². The number of rotatable bonds is 6. The molecule has 1 aromatic heterocycles. The fourth-order valence-corrected chi connectivity index (χ4v) is 5.86. The Kier molecular flexibility index (Phi) is 6.76. The third-order valence-corrected chi connectivity index (χ3v) is 8.11. The fraction of sp³-hybridized carbons (Fsp3) is 0.522. The summed E-state index contributed by atoms with van der Waals surface area (Å²) in [7, 11) is -3.65. The highest BCUT2D eigenvalue weighted by atomic mass is 32.2. The molecule has 2 heterocycles. The number of sulfonamides is 1. The monoisotopic (exact) mass is 457 g/mol. The number of Topliss-reactive ketones (excluding diaryl/α,β-unsaturated/α-hetero) is 1. The van der Waals surface area contributed by atoms with Crippen molar-refractivity contribution in [1.29, 1.82) is 0 Å². The van der Waals surface area contributed by atoms with Gasteiger partial charge in [-0.15, -0.1) is 0 Å². The summed E-state index contributed by atoms with van der Waals surface area (Å²) in [5.41, 5.74) is 1.29. The van der Waals surface area contributed by atoms with Gasteiger partial charge < -0.3 is 10.2 Å². The van der Waals surface area contributed by atoms with Crippen molar-refractivity contribution in [1.82, 2.24) is 14.3 Å². The maximum absolute atomic E-state index is 13.1. The second-order valence-corrected chi connectivity index (χ2v) is 10.6. The van der Waals surface area contributed by atoms with E-state index in [0.717, 1.165) is 24.4 Å². The summed E-state index contributed by atoms with van der Waals surface area (Å²) in [6.07, 6.45) is 6.07. The molecule has 32 heavy (non-hydrogen) atoms. The molecule has 0 amide bonds. The zero-order valence-electron chi connectivity index (χ0n) is 18.7. The number of hydrogen-bond acceptors (Lipinski definition) is 7. The standard InChI is InChI=1S/C23H31N5O3S/c1-17-15-22(26-23(24-17)25-20-8-4-3-5-9-20)27-11-13-28(14-12-27)32(30,31)21-10-6-7-19(16-21)18(2)29/h6-7,10,15-16,20H,3-5,8-9,11-14H2,1-2H3,(H,24,25,26). The van der Waals surface area contributed by atoms with Crippen molar-refractivity contribution >= 4 is 27.6 Å². The summed E-state index contributed by atoms with van der Waals surface area (Å²) in [6, 6.07) is 8.63. The van der Waals surface area contributed by atoms with E-state index in [2.05, 4.69) is 15.2 Å². The molecular weight excluding hydrogens is 426 g/mol. The van der Waals surface area contributed by atoms with Gasteiger partial charge in [-0.2, -0.15) is 9.29 Å². The summed E-state index contributed by atoms with van der Waals surface area (Å²) in [6.45, 7) is 5.21. The van der Waals surface area contributed by atoms with E-state index in [-0.39, 0.29) is 10.7 Å². The quantitative estimate of drug-likeness (QED) is 0.665. The first-order valence-corrected chi connectivity index (χ1v) is 12.8. The maximum atomic E-state index is 13.1. The predicted molar refractivity (Wildman–Crippen MR) is 125 cm³/mol. The van der Waals surface area contributed by atoms with Crippen molar-refractivity contribution < 1.29 is 13.2 Å². The van der Waals surface area contributed by atoms with E-state index in [1.165, 1.54) is 36.6 Å². The molecule has 0 atom stereocenters. The number of hydrogen-bond donors (Lipinski definition) is 1. The van der Waals surface area contributed by atoms with Crippen LogP contribution in [0.25, 0.3) is 0 Å². The Morgan fingerprint density at radius 2 is 1.75 bits per heavy atom. The molecule has 1 saturated carbocycles. The molecule has 1 aliphatic heterocycles. The SMILES string of the molecule is CC(=O)c1cccc(S(=O)(=O)N2CCN(c3cc(C)nc(NC4CCCCC4)n3)CC2)c1. The van der Waals surface area contributed by atoms with Crippen LogP contribution in [-0.4, -0.2) is 60.7 Å². The molecule has 1 saturated heterocycles. The number of piperazine rings is 1. The average Bonchev–Trinajstić information content (AvgIpc) is 2.79. The number of aromatic nitrogens is 2. The van der Waals surface area contributed by atoms with Crippen LogP contribution in [0.1, 0.15) is 55.1 Å². The van der Waals surface area contributed by atoms with Crippen LogP contribution < -0.4 is 10.2 Å². The minimum absolute atomic E-state index is 0.149. The molecule has 2 fully saturated rings. The molecular formula is C23H31N5O3S. The normalized spacial score (nSPS) is 18.5. The summed E-state index contributed by atoms with van der Waals surface area (Å²) >= 11 is 0. The van der Waals surface area contributed by atoms with Gasteiger partial charge in [0.05, 0.1) is 4.90 Å². The second kappa shape index (κ2) is 9.54. The lowest BCUT2D eigenvalue weighted by molar-refractivity contribution is 0.101. The molecule has 2 aliphatic rings. The number of aryl methyl sites for hydroxylation is 1. The van der Waals surface area contributed by atoms with Crippen LogP contribution >= 0.6 is 0 Å². The molecule has 0 spiro atoms. The Balaban J connectivity index is 1.44. The van der Waals surface area contributed by atoms with Crippen molar-refractivity contribution in [3.63, 3.8) is 0 Å². The first-order chi connectivity index (χ1) is 15.3. The predicted octanol–water partition coefficient (Wildman–Crippen LogP) is 3.24. The van der Waals surface area contributed by atoms with E-state index >= 15 is 0 Å². The minimum atomic E-state index is -3.65. The fourth-order valence-electron chi connectivity index (χ4n) is 4.39. The Morgan fingerprint density at radius 3 is 2.44 bits per heavy atom. The molecule has 4 rings (SSSR count). The molecule has 8 nitrogen and oxygen atoms in total. The van der Waals surface area contributed by atoms with E-state index in [9.17, 15) is 13.2 Å². The van der Waals surface area contributed by atoms with Crippen molar-refractivity contribution in [3.05, 3.63) is 41.6 Å². The average molecular weight is 458 g/mol. The highest BCUT2D eigenvalue weighted by Gasteiger charge is 2.29. The molecule has 2 aromatic rings. The first kappa shape index (κ1) is 22.7. The van der Waals surface area contributed by atoms with Gasteiger partial charge in [-0.1, -0.05) is 31.4 Å². The van der Waals surface area contributed by atoms with Crippen LogP contribution in [0.5, 0.6) is 0 Å². The third-order valence-electron chi connectivity index (χ3n) is 6.22. The van der Waals surface area contributed by atoms with Gasteiger partial charge in [-0.3, -0.25) is 4.79 Å². The Hall–Kier alpha value is -2.52. The second-order valence-electron chi connectivity index (χ2n) is 8.65. The van der Waals surface area contributed by atoms with E-state index < -0.39 is 10.0 Å². The number of ketones is 1. The van der Waals surface area contributed by atoms with Gasteiger partial charge in [0.15, 0.2) is 5.78 Å². The molecule has 9 heteroatoms. The van der Waals surface area contributed by atoms with Crippen molar-refractivity contribution in [2.45, 2.75) is 56.9 Å². The summed E-state index contributed by atoms with van der Waals surface area (Å²) in [5.74, 6) is 1.33. The number of carbonyl (C=O) groups excluding carboxylic acids is 1. The van der Waals surface area contributed by atoms with Gasteiger partial charge >= 0.3 is 0 Å². The number of nitrogens with one attached hydrogen (secondary N) is 1. The molecule has 1 N–H and O–H groups in total. The molecule has 172 valence electrons. The van der Waals surface area contributed by atoms with Crippen LogP contribution in [-0.2, 0) is 10.0 Å². The minimum Gasteiger partial charge on any atom is -0.354 e. The highest BCUT2D eigenvalue weighted by Crippen LogP contribution is 2.24. The number of carbonyl (C=O) groups is 1. The van der Waals surface area contributed by atoms with Crippen molar-refractivity contribution in [2.75, 3.05) is 36.4 Å². The first-order valence-electron chi connectivity index (χ1n) is 11.3. The Morgan fingerprint density at radius 1 is 1.03 bits per heavy atom. The van der Waals surface area contributed by atoms with E-state index in [0.29, 0.717) is 43.7 Å². The Labute approximate surface area is 190 Å². The topological polar surface area (TPSA) is 95.5 Å². The molecule has 1 aliphatic carbocycles. The summed E-state index contributed by atoms with van der Waals surface area (Å²) < 4.78 is 27.7. The van der Waals surface area contributed by atoms with Crippen LogP contribution in [0.4, 0.5) is 11.8 Å². The van der Waals surface area contributed by atoms with Crippen LogP contribution in [0.15, 0.2) is 35.2 Å². The van der Waals surface area contributed by atoms with E-state index in [1.54, 1.807) is 18.2 Å². The van der Waals surface area contributed by atoms with E-state index in [4.69, 9.17) is 4.98 Å². The van der Waals surface area contributed by atoms with Gasteiger partial charge in [-0.25, -0.2) is 13.4 Å². The van der Waals surface area contributed by atoms with Crippen LogP contribution in [0.3, 0.4) is 0 Å². The summed E-state index contributed by atoms with van der Waals surface area (Å²) in [4.78, 5) is 23.2. The van der Waals surface area contributed by atoms with Crippen molar-refractivity contribution in [3.8, 4) is 0 Å². The molecule has 0 radical (unpaired) electrons.